The number of hydrogen-bond donors (Lipinski definition) is 1. The van der Waals surface area contributed by atoms with E-state index in [0.717, 1.165) is 0 Å². The molecule has 0 saturated carbocycles. The molecule has 1 aliphatic heterocycles. The number of sulfonamides is 1. The summed E-state index contributed by atoms with van der Waals surface area (Å²) in [6.07, 6.45) is 0. The number of morpholine rings is 1. The van der Waals surface area contributed by atoms with Gasteiger partial charge in [-0.05, 0) is 35.9 Å². The SMILES string of the molecule is O=C(c1ccc(S(=O)(=O)NCc2ccccc2Cl)cc1)N1CCOCC1. The molecule has 0 aromatic heterocycles. The molecule has 2 aromatic carbocycles. The quantitative estimate of drug-likeness (QED) is 0.844. The number of ether oxygens (including phenoxy) is 1. The van der Waals surface area contributed by atoms with E-state index < -0.39 is 10.0 Å². The average Bonchev–Trinajstić information content (AvgIpc) is 2.67. The number of benzene rings is 2. The Bertz CT molecular complexity index is 878. The molecule has 0 atom stereocenters. The third-order valence-electron chi connectivity index (χ3n) is 4.12. The highest BCUT2D eigenvalue weighted by Gasteiger charge is 2.20. The number of carbonyl (C=O) groups excluding carboxylic acids is 1. The third kappa shape index (κ3) is 4.42. The maximum atomic E-state index is 12.4. The number of hydrogen-bond acceptors (Lipinski definition) is 4. The van der Waals surface area contributed by atoms with E-state index in [2.05, 4.69) is 4.72 Å². The van der Waals surface area contributed by atoms with Crippen LogP contribution < -0.4 is 4.72 Å². The first-order valence-electron chi connectivity index (χ1n) is 8.17. The van der Waals surface area contributed by atoms with Crippen LogP contribution in [0.25, 0.3) is 0 Å². The Balaban J connectivity index is 1.68. The van der Waals surface area contributed by atoms with Gasteiger partial charge in [0, 0.05) is 30.2 Å². The molecule has 1 saturated heterocycles. The van der Waals surface area contributed by atoms with E-state index in [9.17, 15) is 13.2 Å². The average molecular weight is 395 g/mol. The largest absolute Gasteiger partial charge is 0.378 e. The Morgan fingerprint density at radius 3 is 2.38 bits per heavy atom. The highest BCUT2D eigenvalue weighted by atomic mass is 35.5. The van der Waals surface area contributed by atoms with E-state index in [-0.39, 0.29) is 17.3 Å². The van der Waals surface area contributed by atoms with Crippen molar-refractivity contribution in [3.05, 3.63) is 64.7 Å². The van der Waals surface area contributed by atoms with Gasteiger partial charge >= 0.3 is 0 Å². The standard InChI is InChI=1S/C18H19ClN2O4S/c19-17-4-2-1-3-15(17)13-20-26(23,24)16-7-5-14(6-8-16)18(22)21-9-11-25-12-10-21/h1-8,20H,9-13H2. The summed E-state index contributed by atoms with van der Waals surface area (Å²) >= 11 is 6.04. The lowest BCUT2D eigenvalue weighted by atomic mass is 10.2. The number of nitrogens with zero attached hydrogens (tertiary/aromatic N) is 1. The monoisotopic (exact) mass is 394 g/mol. The summed E-state index contributed by atoms with van der Waals surface area (Å²) in [4.78, 5) is 14.2. The van der Waals surface area contributed by atoms with Gasteiger partial charge in [0.1, 0.15) is 0 Å². The van der Waals surface area contributed by atoms with Crippen LogP contribution >= 0.6 is 11.6 Å². The number of amides is 1. The molecule has 0 bridgehead atoms. The molecule has 8 heteroatoms. The second-order valence-electron chi connectivity index (χ2n) is 5.84. The molecule has 26 heavy (non-hydrogen) atoms. The second-order valence-corrected chi connectivity index (χ2v) is 8.02. The molecule has 3 rings (SSSR count). The minimum atomic E-state index is -3.70. The van der Waals surface area contributed by atoms with Gasteiger partial charge in [-0.1, -0.05) is 29.8 Å². The van der Waals surface area contributed by atoms with Crippen molar-refractivity contribution in [1.29, 1.82) is 0 Å². The molecular weight excluding hydrogens is 376 g/mol. The topological polar surface area (TPSA) is 75.7 Å². The minimum Gasteiger partial charge on any atom is -0.378 e. The highest BCUT2D eigenvalue weighted by Crippen LogP contribution is 2.17. The molecule has 0 unspecified atom stereocenters. The molecule has 2 aromatic rings. The number of carbonyl (C=O) groups is 1. The lowest BCUT2D eigenvalue weighted by Crippen LogP contribution is -2.40. The Morgan fingerprint density at radius 1 is 1.08 bits per heavy atom. The van der Waals surface area contributed by atoms with Gasteiger partial charge in [0.15, 0.2) is 0 Å². The first kappa shape index (κ1) is 18.8. The van der Waals surface area contributed by atoms with E-state index in [1.807, 2.05) is 0 Å². The van der Waals surface area contributed by atoms with E-state index in [4.69, 9.17) is 16.3 Å². The fourth-order valence-electron chi connectivity index (χ4n) is 2.62. The number of halogens is 1. The molecular formula is C18H19ClN2O4S. The van der Waals surface area contributed by atoms with Crippen LogP contribution in [0, 0.1) is 0 Å². The zero-order chi connectivity index (χ0) is 18.6. The van der Waals surface area contributed by atoms with Crippen LogP contribution in [0.1, 0.15) is 15.9 Å². The van der Waals surface area contributed by atoms with Crippen LogP contribution in [0.3, 0.4) is 0 Å². The number of nitrogens with one attached hydrogen (secondary N) is 1. The minimum absolute atomic E-state index is 0.0937. The summed E-state index contributed by atoms with van der Waals surface area (Å²) in [7, 11) is -3.70. The van der Waals surface area contributed by atoms with Crippen LogP contribution in [0.5, 0.6) is 0 Å². The molecule has 1 aliphatic rings. The predicted octanol–water partition coefficient (Wildman–Crippen LogP) is 2.29. The Morgan fingerprint density at radius 2 is 1.73 bits per heavy atom. The lowest BCUT2D eigenvalue weighted by Gasteiger charge is -2.26. The van der Waals surface area contributed by atoms with Crippen LogP contribution in [0.2, 0.25) is 5.02 Å². The van der Waals surface area contributed by atoms with Gasteiger partial charge in [-0.25, -0.2) is 13.1 Å². The van der Waals surface area contributed by atoms with Crippen LogP contribution in [-0.2, 0) is 21.3 Å². The van der Waals surface area contributed by atoms with Crippen molar-refractivity contribution in [2.75, 3.05) is 26.3 Å². The van der Waals surface area contributed by atoms with Crippen molar-refractivity contribution in [1.82, 2.24) is 9.62 Å². The van der Waals surface area contributed by atoms with Crippen molar-refractivity contribution >= 4 is 27.5 Å². The molecule has 1 amide bonds. The molecule has 138 valence electrons. The van der Waals surface area contributed by atoms with Crippen LogP contribution in [-0.4, -0.2) is 45.5 Å². The van der Waals surface area contributed by atoms with Crippen molar-refractivity contribution in [2.45, 2.75) is 11.4 Å². The lowest BCUT2D eigenvalue weighted by molar-refractivity contribution is 0.0303. The van der Waals surface area contributed by atoms with Gasteiger partial charge in [-0.15, -0.1) is 0 Å². The fourth-order valence-corrected chi connectivity index (χ4v) is 3.83. The van der Waals surface area contributed by atoms with Crippen LogP contribution in [0.15, 0.2) is 53.4 Å². The maximum absolute atomic E-state index is 12.4. The maximum Gasteiger partial charge on any atom is 0.254 e. The van der Waals surface area contributed by atoms with Gasteiger partial charge < -0.3 is 9.64 Å². The van der Waals surface area contributed by atoms with E-state index >= 15 is 0 Å². The van der Waals surface area contributed by atoms with E-state index in [1.165, 1.54) is 24.3 Å². The normalized spacial score (nSPS) is 15.0. The fraction of sp³-hybridized carbons (Fsp3) is 0.278. The molecule has 0 aliphatic carbocycles. The third-order valence-corrected chi connectivity index (χ3v) is 5.91. The summed E-state index contributed by atoms with van der Waals surface area (Å²) in [5.41, 5.74) is 1.15. The summed E-state index contributed by atoms with van der Waals surface area (Å²) < 4.78 is 32.6. The van der Waals surface area contributed by atoms with Gasteiger partial charge in [0.05, 0.1) is 18.1 Å². The summed E-state index contributed by atoms with van der Waals surface area (Å²) in [6, 6.07) is 13.0. The first-order valence-corrected chi connectivity index (χ1v) is 10.0. The zero-order valence-corrected chi connectivity index (χ0v) is 15.6. The summed E-state index contributed by atoms with van der Waals surface area (Å²) in [5, 5.41) is 0.502. The Hall–Kier alpha value is -1.93. The van der Waals surface area contributed by atoms with Crippen molar-refractivity contribution in [3.8, 4) is 0 Å². The molecule has 1 heterocycles. The van der Waals surface area contributed by atoms with E-state index in [0.29, 0.717) is 42.5 Å². The highest BCUT2D eigenvalue weighted by molar-refractivity contribution is 7.89. The second kappa shape index (κ2) is 8.18. The summed E-state index contributed by atoms with van der Waals surface area (Å²) in [5.74, 6) is -0.124. The van der Waals surface area contributed by atoms with Gasteiger partial charge in [0.2, 0.25) is 10.0 Å². The van der Waals surface area contributed by atoms with Crippen molar-refractivity contribution in [3.63, 3.8) is 0 Å². The number of rotatable bonds is 5. The Kier molecular flexibility index (Phi) is 5.93. The zero-order valence-electron chi connectivity index (χ0n) is 14.0. The van der Waals surface area contributed by atoms with Gasteiger partial charge in [-0.2, -0.15) is 0 Å². The first-order chi connectivity index (χ1) is 12.5. The smallest absolute Gasteiger partial charge is 0.254 e. The van der Waals surface area contributed by atoms with Gasteiger partial charge in [-0.3, -0.25) is 4.79 Å². The van der Waals surface area contributed by atoms with E-state index in [1.54, 1.807) is 29.2 Å². The molecule has 6 nitrogen and oxygen atoms in total. The molecule has 0 spiro atoms. The molecule has 0 radical (unpaired) electrons. The predicted molar refractivity (Wildman–Crippen MR) is 98.6 cm³/mol. The Labute approximate surface area is 157 Å². The van der Waals surface area contributed by atoms with Gasteiger partial charge in [0.25, 0.3) is 5.91 Å². The molecule has 1 N–H and O–H groups in total. The van der Waals surface area contributed by atoms with Crippen LogP contribution in [0.4, 0.5) is 0 Å². The summed E-state index contributed by atoms with van der Waals surface area (Å²) in [6.45, 7) is 2.21. The van der Waals surface area contributed by atoms with Crippen molar-refractivity contribution in [2.24, 2.45) is 0 Å². The molecule has 1 fully saturated rings. The van der Waals surface area contributed by atoms with Crippen molar-refractivity contribution < 1.29 is 17.9 Å².